The summed E-state index contributed by atoms with van der Waals surface area (Å²) in [5.74, 6) is -1.08. The first kappa shape index (κ1) is 16.9. The fraction of sp³-hybridized carbons (Fsp3) is 0.412. The molecule has 2 aromatic rings. The van der Waals surface area contributed by atoms with Gasteiger partial charge in [-0.25, -0.2) is 14.2 Å². The third-order valence-electron chi connectivity index (χ3n) is 4.24. The number of hydrogen-bond acceptors (Lipinski definition) is 5. The Hall–Kier alpha value is -1.99. The molecular weight excluding hydrogens is 329 g/mol. The van der Waals surface area contributed by atoms with Crippen molar-refractivity contribution < 1.29 is 14.3 Å². The number of aryl methyl sites for hydroxylation is 1. The van der Waals surface area contributed by atoms with Crippen LogP contribution in [-0.2, 0) is 6.42 Å². The van der Waals surface area contributed by atoms with E-state index in [4.69, 9.17) is 5.11 Å². The van der Waals surface area contributed by atoms with E-state index in [2.05, 4.69) is 14.8 Å². The topological polar surface area (TPSA) is 56.7 Å². The van der Waals surface area contributed by atoms with E-state index in [1.807, 2.05) is 12.1 Å². The molecule has 1 aromatic heterocycles. The molecule has 5 nitrogen and oxygen atoms in total. The summed E-state index contributed by atoms with van der Waals surface area (Å²) in [6.45, 7) is 5.89. The molecule has 0 spiro atoms. The molecule has 2 heterocycles. The number of thiazole rings is 1. The lowest BCUT2D eigenvalue weighted by atomic mass is 10.2. The van der Waals surface area contributed by atoms with Crippen LogP contribution in [0.15, 0.2) is 24.3 Å². The number of benzene rings is 1. The molecule has 7 heteroatoms. The fourth-order valence-electron chi connectivity index (χ4n) is 2.93. The third-order valence-corrected chi connectivity index (χ3v) is 5.45. The number of nitrogens with zero attached hydrogens (tertiary/aromatic N) is 3. The van der Waals surface area contributed by atoms with Crippen LogP contribution < -0.4 is 4.90 Å². The van der Waals surface area contributed by atoms with Crippen molar-refractivity contribution in [3.8, 4) is 0 Å². The van der Waals surface area contributed by atoms with Crippen molar-refractivity contribution in [1.29, 1.82) is 0 Å². The summed E-state index contributed by atoms with van der Waals surface area (Å²) in [5, 5.41) is 9.94. The van der Waals surface area contributed by atoms with E-state index in [1.54, 1.807) is 13.0 Å². The lowest BCUT2D eigenvalue weighted by molar-refractivity contribution is 0.0701. The van der Waals surface area contributed by atoms with E-state index in [1.165, 1.54) is 17.4 Å². The highest BCUT2D eigenvalue weighted by molar-refractivity contribution is 7.13. The van der Waals surface area contributed by atoms with Crippen molar-refractivity contribution in [1.82, 2.24) is 9.88 Å². The van der Waals surface area contributed by atoms with Gasteiger partial charge in [0.1, 0.15) is 10.7 Å². The molecule has 0 bridgehead atoms. The molecule has 0 saturated carbocycles. The standard InChI is InChI=1S/C17H20FN3O2S/c1-12-16(17(22)23)24-15(19-12)6-7-20-8-10-21(11-9-20)14-5-3-2-4-13(14)18/h2-5H,6-11H2,1H3,(H,22,23). The molecule has 24 heavy (non-hydrogen) atoms. The first-order chi connectivity index (χ1) is 11.5. The molecule has 0 radical (unpaired) electrons. The van der Waals surface area contributed by atoms with Gasteiger partial charge < -0.3 is 10.0 Å². The molecule has 1 saturated heterocycles. The Balaban J connectivity index is 1.52. The maximum atomic E-state index is 13.8. The summed E-state index contributed by atoms with van der Waals surface area (Å²) in [7, 11) is 0. The smallest absolute Gasteiger partial charge is 0.347 e. The van der Waals surface area contributed by atoms with Crippen LogP contribution in [0.5, 0.6) is 0 Å². The van der Waals surface area contributed by atoms with Gasteiger partial charge in [0.15, 0.2) is 0 Å². The molecule has 0 atom stereocenters. The van der Waals surface area contributed by atoms with Crippen molar-refractivity contribution in [2.75, 3.05) is 37.6 Å². The zero-order valence-corrected chi connectivity index (χ0v) is 14.4. The second kappa shape index (κ2) is 7.27. The number of piperazine rings is 1. The number of anilines is 1. The van der Waals surface area contributed by atoms with Gasteiger partial charge in [-0.1, -0.05) is 12.1 Å². The number of carboxylic acid groups (broad SMARTS) is 1. The monoisotopic (exact) mass is 349 g/mol. The average molecular weight is 349 g/mol. The number of aromatic nitrogens is 1. The van der Waals surface area contributed by atoms with Crippen molar-refractivity contribution in [2.24, 2.45) is 0 Å². The minimum absolute atomic E-state index is 0.176. The van der Waals surface area contributed by atoms with E-state index in [-0.39, 0.29) is 5.82 Å². The summed E-state index contributed by atoms with van der Waals surface area (Å²) < 4.78 is 13.8. The molecule has 0 unspecified atom stereocenters. The normalized spacial score (nSPS) is 15.7. The Morgan fingerprint density at radius 3 is 2.62 bits per heavy atom. The van der Waals surface area contributed by atoms with Gasteiger partial charge in [-0.3, -0.25) is 4.90 Å². The van der Waals surface area contributed by atoms with Gasteiger partial charge in [-0.05, 0) is 19.1 Å². The fourth-order valence-corrected chi connectivity index (χ4v) is 3.82. The maximum absolute atomic E-state index is 13.8. The molecule has 0 aliphatic carbocycles. The zero-order valence-electron chi connectivity index (χ0n) is 13.5. The van der Waals surface area contributed by atoms with Gasteiger partial charge in [-0.15, -0.1) is 11.3 Å². The number of aromatic carboxylic acids is 1. The second-order valence-electron chi connectivity index (χ2n) is 5.86. The van der Waals surface area contributed by atoms with Gasteiger partial charge in [0.05, 0.1) is 16.4 Å². The minimum Gasteiger partial charge on any atom is -0.477 e. The largest absolute Gasteiger partial charge is 0.477 e. The second-order valence-corrected chi connectivity index (χ2v) is 6.94. The number of hydrogen-bond donors (Lipinski definition) is 1. The van der Waals surface area contributed by atoms with E-state index < -0.39 is 5.97 Å². The van der Waals surface area contributed by atoms with Crippen LogP contribution in [0.4, 0.5) is 10.1 Å². The maximum Gasteiger partial charge on any atom is 0.347 e. The average Bonchev–Trinajstić information content (AvgIpc) is 2.95. The molecule has 0 amide bonds. The lowest BCUT2D eigenvalue weighted by Crippen LogP contribution is -2.47. The Bertz CT molecular complexity index is 726. The highest BCUT2D eigenvalue weighted by atomic mass is 32.1. The van der Waals surface area contributed by atoms with Crippen LogP contribution in [0.25, 0.3) is 0 Å². The molecule has 1 fully saturated rings. The van der Waals surface area contributed by atoms with Crippen LogP contribution in [-0.4, -0.2) is 53.7 Å². The number of carboxylic acids is 1. The number of para-hydroxylation sites is 1. The van der Waals surface area contributed by atoms with Crippen LogP contribution in [0.3, 0.4) is 0 Å². The van der Waals surface area contributed by atoms with Crippen molar-refractivity contribution in [3.63, 3.8) is 0 Å². The minimum atomic E-state index is -0.908. The van der Waals surface area contributed by atoms with E-state index in [9.17, 15) is 9.18 Å². The molecule has 128 valence electrons. The van der Waals surface area contributed by atoms with Crippen molar-refractivity contribution >= 4 is 23.0 Å². The molecule has 1 N–H and O–H groups in total. The SMILES string of the molecule is Cc1nc(CCN2CCN(c3ccccc3F)CC2)sc1C(=O)O. The van der Waals surface area contributed by atoms with Gasteiger partial charge in [0.2, 0.25) is 0 Å². The summed E-state index contributed by atoms with van der Waals surface area (Å²) >= 11 is 1.26. The van der Waals surface area contributed by atoms with Crippen LogP contribution >= 0.6 is 11.3 Å². The molecule has 3 rings (SSSR count). The van der Waals surface area contributed by atoms with E-state index >= 15 is 0 Å². The molecular formula is C17H20FN3O2S. The van der Waals surface area contributed by atoms with E-state index in [0.717, 1.165) is 44.2 Å². The number of carbonyl (C=O) groups is 1. The van der Waals surface area contributed by atoms with Gasteiger partial charge in [-0.2, -0.15) is 0 Å². The Morgan fingerprint density at radius 2 is 2.00 bits per heavy atom. The molecule has 1 aromatic carbocycles. The van der Waals surface area contributed by atoms with Crippen LogP contribution in [0, 0.1) is 12.7 Å². The number of rotatable bonds is 5. The molecule has 1 aliphatic heterocycles. The number of halogens is 1. The van der Waals surface area contributed by atoms with Crippen molar-refractivity contribution in [2.45, 2.75) is 13.3 Å². The quantitative estimate of drug-likeness (QED) is 0.899. The first-order valence-electron chi connectivity index (χ1n) is 7.96. The Morgan fingerprint density at radius 1 is 1.29 bits per heavy atom. The Labute approximate surface area is 144 Å². The van der Waals surface area contributed by atoms with Crippen LogP contribution in [0.2, 0.25) is 0 Å². The Kier molecular flexibility index (Phi) is 5.11. The van der Waals surface area contributed by atoms with Gasteiger partial charge in [0, 0.05) is 39.1 Å². The summed E-state index contributed by atoms with van der Waals surface area (Å²) in [6.07, 6.45) is 0.748. The lowest BCUT2D eigenvalue weighted by Gasteiger charge is -2.36. The third kappa shape index (κ3) is 3.73. The highest BCUT2D eigenvalue weighted by Crippen LogP contribution is 2.21. The zero-order chi connectivity index (χ0) is 17.1. The predicted molar refractivity (Wildman–Crippen MR) is 92.6 cm³/mol. The first-order valence-corrected chi connectivity index (χ1v) is 8.77. The van der Waals surface area contributed by atoms with Crippen molar-refractivity contribution in [3.05, 3.63) is 45.7 Å². The predicted octanol–water partition coefficient (Wildman–Crippen LogP) is 2.65. The summed E-state index contributed by atoms with van der Waals surface area (Å²) in [5.41, 5.74) is 1.26. The summed E-state index contributed by atoms with van der Waals surface area (Å²) in [6, 6.07) is 6.87. The summed E-state index contributed by atoms with van der Waals surface area (Å²) in [4.78, 5) is 20.1. The van der Waals surface area contributed by atoms with Gasteiger partial charge in [0.25, 0.3) is 0 Å². The van der Waals surface area contributed by atoms with Gasteiger partial charge >= 0.3 is 5.97 Å². The van der Waals surface area contributed by atoms with Crippen LogP contribution in [0.1, 0.15) is 20.4 Å². The molecule has 1 aliphatic rings. The van der Waals surface area contributed by atoms with E-state index in [0.29, 0.717) is 16.3 Å². The highest BCUT2D eigenvalue weighted by Gasteiger charge is 2.20.